The first-order valence-electron chi connectivity index (χ1n) is 8.00. The fourth-order valence-corrected chi connectivity index (χ4v) is 3.11. The Labute approximate surface area is 154 Å². The fraction of sp³-hybridized carbons (Fsp3) is 0.211. The lowest BCUT2D eigenvalue weighted by molar-refractivity contribution is -0.114. The summed E-state index contributed by atoms with van der Waals surface area (Å²) in [7, 11) is 0. The van der Waals surface area contributed by atoms with Gasteiger partial charge < -0.3 is 14.5 Å². The smallest absolute Gasteiger partial charge is 0.340 e. The Hall–Kier alpha value is -2.93. The summed E-state index contributed by atoms with van der Waals surface area (Å²) in [5, 5.41) is 4.62. The second-order valence-corrected chi connectivity index (χ2v) is 6.70. The van der Waals surface area contributed by atoms with Gasteiger partial charge in [-0.15, -0.1) is 11.3 Å². The molecule has 0 aliphatic heterocycles. The van der Waals surface area contributed by atoms with E-state index in [0.717, 1.165) is 10.4 Å². The van der Waals surface area contributed by atoms with E-state index < -0.39 is 5.97 Å². The number of ether oxygens (including phenoxy) is 1. The lowest BCUT2D eigenvalue weighted by Crippen LogP contribution is -2.14. The molecule has 0 atom stereocenters. The van der Waals surface area contributed by atoms with Gasteiger partial charge in [-0.1, -0.05) is 18.2 Å². The summed E-state index contributed by atoms with van der Waals surface area (Å²) in [6, 6.07) is 9.01. The molecule has 0 unspecified atom stereocenters. The first-order chi connectivity index (χ1) is 12.5. The van der Waals surface area contributed by atoms with Crippen LogP contribution in [0.25, 0.3) is 10.8 Å². The van der Waals surface area contributed by atoms with E-state index in [1.807, 2.05) is 30.5 Å². The topological polar surface area (TPSA) is 81.4 Å². The maximum Gasteiger partial charge on any atom is 0.340 e. The van der Waals surface area contributed by atoms with Gasteiger partial charge >= 0.3 is 5.97 Å². The molecule has 2 heterocycles. The molecular weight excluding hydrogens is 352 g/mol. The second-order valence-electron chi connectivity index (χ2n) is 5.75. The number of nitrogens with one attached hydrogen (secondary N) is 1. The molecule has 0 fully saturated rings. The Bertz CT molecular complexity index is 945. The summed E-state index contributed by atoms with van der Waals surface area (Å²) in [5.41, 5.74) is 2.11. The minimum absolute atomic E-state index is 0.00695. The van der Waals surface area contributed by atoms with Crippen molar-refractivity contribution in [2.75, 3.05) is 5.32 Å². The zero-order valence-electron chi connectivity index (χ0n) is 14.7. The summed E-state index contributed by atoms with van der Waals surface area (Å²) < 4.78 is 11.0. The predicted octanol–water partition coefficient (Wildman–Crippen LogP) is 4.34. The van der Waals surface area contributed by atoms with Crippen molar-refractivity contribution in [3.63, 3.8) is 0 Å². The molecule has 0 aliphatic rings. The highest BCUT2D eigenvalue weighted by Gasteiger charge is 2.18. The van der Waals surface area contributed by atoms with E-state index in [1.54, 1.807) is 19.1 Å². The normalized spacial score (nSPS) is 10.6. The molecule has 1 amide bonds. The van der Waals surface area contributed by atoms with Crippen LogP contribution >= 0.6 is 11.3 Å². The maximum absolute atomic E-state index is 12.5. The third-order valence-corrected chi connectivity index (χ3v) is 4.62. The third-order valence-electron chi connectivity index (χ3n) is 3.76. The van der Waals surface area contributed by atoms with Gasteiger partial charge in [0.1, 0.15) is 18.1 Å². The van der Waals surface area contributed by atoms with Crippen LogP contribution < -0.4 is 5.32 Å². The monoisotopic (exact) mass is 370 g/mol. The van der Waals surface area contributed by atoms with Gasteiger partial charge in [-0.3, -0.25) is 4.79 Å². The molecule has 2 aromatic heterocycles. The van der Waals surface area contributed by atoms with Crippen LogP contribution in [0.2, 0.25) is 0 Å². The van der Waals surface area contributed by atoms with Crippen LogP contribution in [0.4, 0.5) is 5.69 Å². The molecule has 7 heteroatoms. The van der Waals surface area contributed by atoms with Gasteiger partial charge in [-0.25, -0.2) is 9.78 Å². The number of anilines is 1. The number of esters is 1. The van der Waals surface area contributed by atoms with E-state index >= 15 is 0 Å². The van der Waals surface area contributed by atoms with Crippen molar-refractivity contribution in [3.8, 4) is 10.8 Å². The molecule has 0 saturated carbocycles. The van der Waals surface area contributed by atoms with Gasteiger partial charge in [0.25, 0.3) is 0 Å². The van der Waals surface area contributed by atoms with Crippen LogP contribution in [0.15, 0.2) is 40.1 Å². The number of nitrogens with zero attached hydrogens (tertiary/aromatic N) is 1. The first kappa shape index (κ1) is 17.9. The number of oxazole rings is 1. The maximum atomic E-state index is 12.5. The summed E-state index contributed by atoms with van der Waals surface area (Å²) in [6.07, 6.45) is 0. The lowest BCUT2D eigenvalue weighted by atomic mass is 10.1. The number of aryl methyl sites for hydroxylation is 2. The highest BCUT2D eigenvalue weighted by atomic mass is 32.1. The van der Waals surface area contributed by atoms with E-state index in [0.29, 0.717) is 28.6 Å². The van der Waals surface area contributed by atoms with Gasteiger partial charge in [0.05, 0.1) is 16.1 Å². The van der Waals surface area contributed by atoms with E-state index in [2.05, 4.69) is 10.3 Å². The Kier molecular flexibility index (Phi) is 5.18. The van der Waals surface area contributed by atoms with Crippen LogP contribution in [0.1, 0.15) is 34.3 Å². The van der Waals surface area contributed by atoms with E-state index in [9.17, 15) is 9.59 Å². The van der Waals surface area contributed by atoms with Crippen LogP contribution in [-0.4, -0.2) is 16.9 Å². The van der Waals surface area contributed by atoms with Crippen molar-refractivity contribution in [1.29, 1.82) is 0 Å². The Morgan fingerprint density at radius 1 is 1.23 bits per heavy atom. The zero-order valence-corrected chi connectivity index (χ0v) is 15.5. The van der Waals surface area contributed by atoms with Crippen molar-refractivity contribution < 1.29 is 18.7 Å². The molecule has 134 valence electrons. The van der Waals surface area contributed by atoms with E-state index in [1.165, 1.54) is 18.3 Å². The first-order valence-corrected chi connectivity index (χ1v) is 8.88. The van der Waals surface area contributed by atoms with Crippen molar-refractivity contribution in [2.24, 2.45) is 0 Å². The van der Waals surface area contributed by atoms with E-state index in [4.69, 9.17) is 9.15 Å². The lowest BCUT2D eigenvalue weighted by Gasteiger charge is -2.12. The van der Waals surface area contributed by atoms with Gasteiger partial charge in [-0.05, 0) is 36.9 Å². The predicted molar refractivity (Wildman–Crippen MR) is 99.2 cm³/mol. The zero-order chi connectivity index (χ0) is 18.7. The molecule has 3 rings (SSSR count). The number of benzene rings is 1. The molecule has 1 N–H and O–H groups in total. The fourth-order valence-electron chi connectivity index (χ4n) is 2.46. The molecule has 6 nitrogen and oxygen atoms in total. The SMILES string of the molecule is CC(=O)Nc1c(C)cccc1C(=O)OCc1nc(-c2cccs2)oc1C. The Morgan fingerprint density at radius 3 is 2.73 bits per heavy atom. The molecule has 0 aliphatic carbocycles. The quantitative estimate of drug-likeness (QED) is 0.676. The Morgan fingerprint density at radius 2 is 2.04 bits per heavy atom. The molecule has 26 heavy (non-hydrogen) atoms. The number of carbonyl (C=O) groups excluding carboxylic acids is 2. The number of thiophene rings is 1. The molecule has 0 radical (unpaired) electrons. The van der Waals surface area contributed by atoms with Gasteiger partial charge in [0.15, 0.2) is 0 Å². The second kappa shape index (κ2) is 7.53. The number of rotatable bonds is 5. The van der Waals surface area contributed by atoms with Gasteiger partial charge in [0, 0.05) is 6.92 Å². The highest BCUT2D eigenvalue weighted by molar-refractivity contribution is 7.13. The van der Waals surface area contributed by atoms with Crippen LogP contribution in [0.5, 0.6) is 0 Å². The van der Waals surface area contributed by atoms with Gasteiger partial charge in [-0.2, -0.15) is 0 Å². The average molecular weight is 370 g/mol. The summed E-state index contributed by atoms with van der Waals surface area (Å²) in [4.78, 5) is 29.2. The highest BCUT2D eigenvalue weighted by Crippen LogP contribution is 2.27. The number of carbonyl (C=O) groups is 2. The molecule has 0 bridgehead atoms. The minimum atomic E-state index is -0.530. The molecular formula is C19H18N2O4S. The summed E-state index contributed by atoms with van der Waals surface area (Å²) >= 11 is 1.52. The number of hydrogen-bond acceptors (Lipinski definition) is 6. The van der Waals surface area contributed by atoms with Crippen LogP contribution in [0.3, 0.4) is 0 Å². The molecule has 1 aromatic carbocycles. The van der Waals surface area contributed by atoms with Gasteiger partial charge in [0.2, 0.25) is 11.8 Å². The van der Waals surface area contributed by atoms with Crippen molar-refractivity contribution >= 4 is 28.9 Å². The third kappa shape index (κ3) is 3.83. The molecule has 0 spiro atoms. The standard InChI is InChI=1S/C19H18N2O4S/c1-11-6-4-7-14(17(11)20-13(3)22)19(23)24-10-15-12(2)25-18(21-15)16-8-5-9-26-16/h4-9H,10H2,1-3H3,(H,20,22). The summed E-state index contributed by atoms with van der Waals surface area (Å²) in [6.45, 7) is 4.99. The largest absolute Gasteiger partial charge is 0.455 e. The average Bonchev–Trinajstić information content (AvgIpc) is 3.24. The number of para-hydroxylation sites is 1. The Balaban J connectivity index is 1.76. The number of hydrogen-bond donors (Lipinski definition) is 1. The minimum Gasteiger partial charge on any atom is -0.455 e. The summed E-state index contributed by atoms with van der Waals surface area (Å²) in [5.74, 6) is 0.337. The number of aromatic nitrogens is 1. The number of amides is 1. The molecule has 0 saturated heterocycles. The van der Waals surface area contributed by atoms with Crippen molar-refractivity contribution in [2.45, 2.75) is 27.4 Å². The van der Waals surface area contributed by atoms with Crippen LogP contribution in [0, 0.1) is 13.8 Å². The van der Waals surface area contributed by atoms with Crippen molar-refractivity contribution in [3.05, 3.63) is 58.3 Å². The van der Waals surface area contributed by atoms with Crippen LogP contribution in [-0.2, 0) is 16.1 Å². The van der Waals surface area contributed by atoms with E-state index in [-0.39, 0.29) is 12.5 Å². The van der Waals surface area contributed by atoms with Crippen molar-refractivity contribution in [1.82, 2.24) is 4.98 Å². The molecule has 3 aromatic rings.